The van der Waals surface area contributed by atoms with Gasteiger partial charge in [0.2, 0.25) is 0 Å². The molecule has 0 amide bonds. The molecule has 1 aromatic heterocycles. The van der Waals surface area contributed by atoms with E-state index in [0.717, 1.165) is 11.3 Å². The van der Waals surface area contributed by atoms with Gasteiger partial charge in [-0.25, -0.2) is 4.98 Å². The second-order valence-corrected chi connectivity index (χ2v) is 5.47. The summed E-state index contributed by atoms with van der Waals surface area (Å²) in [6, 6.07) is 9.78. The molecule has 1 aromatic carbocycles. The van der Waals surface area contributed by atoms with Crippen LogP contribution in [0.3, 0.4) is 0 Å². The van der Waals surface area contributed by atoms with Crippen LogP contribution in [0.2, 0.25) is 0 Å². The van der Waals surface area contributed by atoms with E-state index in [9.17, 15) is 5.11 Å². The molecule has 1 aliphatic rings. The van der Waals surface area contributed by atoms with Gasteiger partial charge in [-0.2, -0.15) is 0 Å². The largest absolute Gasteiger partial charge is 0.388 e. The molecule has 1 heterocycles. The zero-order chi connectivity index (χ0) is 11.7. The lowest BCUT2D eigenvalue weighted by molar-refractivity contribution is 0.177. The van der Waals surface area contributed by atoms with Gasteiger partial charge in [0.15, 0.2) is 0 Å². The number of aliphatic hydroxyl groups excluding tert-OH is 1. The van der Waals surface area contributed by atoms with Crippen LogP contribution in [0.1, 0.15) is 41.1 Å². The second kappa shape index (κ2) is 4.59. The van der Waals surface area contributed by atoms with Gasteiger partial charge in [-0.15, -0.1) is 11.3 Å². The first-order chi connectivity index (χ1) is 8.33. The normalized spacial score (nSPS) is 17.0. The monoisotopic (exact) mass is 245 g/mol. The second-order valence-electron chi connectivity index (χ2n) is 4.58. The van der Waals surface area contributed by atoms with E-state index in [1.807, 2.05) is 30.3 Å². The van der Waals surface area contributed by atoms with Crippen molar-refractivity contribution in [1.82, 2.24) is 4.98 Å². The molecule has 3 rings (SSSR count). The highest BCUT2D eigenvalue weighted by molar-refractivity contribution is 7.09. The fourth-order valence-corrected chi connectivity index (χ4v) is 2.93. The average Bonchev–Trinajstić information content (AvgIpc) is 3.12. The summed E-state index contributed by atoms with van der Waals surface area (Å²) < 4.78 is 0. The van der Waals surface area contributed by atoms with Crippen LogP contribution < -0.4 is 0 Å². The lowest BCUT2D eigenvalue weighted by Crippen LogP contribution is -2.01. The third-order valence-corrected chi connectivity index (χ3v) is 4.14. The van der Waals surface area contributed by atoms with Gasteiger partial charge < -0.3 is 5.11 Å². The smallest absolute Gasteiger partial charge is 0.0959 e. The minimum atomic E-state index is -0.439. The predicted octanol–water partition coefficient (Wildman–Crippen LogP) is 3.30. The van der Waals surface area contributed by atoms with Crippen molar-refractivity contribution < 1.29 is 5.11 Å². The summed E-state index contributed by atoms with van der Waals surface area (Å²) in [4.78, 5) is 4.60. The van der Waals surface area contributed by atoms with E-state index in [-0.39, 0.29) is 0 Å². The molecule has 1 N–H and O–H groups in total. The summed E-state index contributed by atoms with van der Waals surface area (Å²) in [6.45, 7) is 0. The Bertz CT molecular complexity index is 490. The molecule has 0 radical (unpaired) electrons. The van der Waals surface area contributed by atoms with Crippen molar-refractivity contribution in [2.24, 2.45) is 0 Å². The van der Waals surface area contributed by atoms with Crippen LogP contribution in [-0.2, 0) is 6.42 Å². The molecule has 1 aliphatic carbocycles. The molecule has 3 heteroatoms. The number of aromatic nitrogens is 1. The van der Waals surface area contributed by atoms with Crippen molar-refractivity contribution in [2.45, 2.75) is 31.3 Å². The van der Waals surface area contributed by atoms with Gasteiger partial charge in [0.05, 0.1) is 16.8 Å². The Morgan fingerprint density at radius 2 is 2.06 bits per heavy atom. The first kappa shape index (κ1) is 10.9. The summed E-state index contributed by atoms with van der Waals surface area (Å²) in [5.74, 6) is 0.711. The lowest BCUT2D eigenvalue weighted by Gasteiger charge is -2.08. The SMILES string of the molecule is OC(Cc1csc(C2CC2)n1)c1ccccc1. The van der Waals surface area contributed by atoms with Crippen molar-refractivity contribution in [2.75, 3.05) is 0 Å². The van der Waals surface area contributed by atoms with Crippen LogP contribution in [0.15, 0.2) is 35.7 Å². The maximum Gasteiger partial charge on any atom is 0.0959 e. The van der Waals surface area contributed by atoms with Crippen LogP contribution in [-0.4, -0.2) is 10.1 Å². The van der Waals surface area contributed by atoms with E-state index in [0.29, 0.717) is 12.3 Å². The summed E-state index contributed by atoms with van der Waals surface area (Å²) in [5.41, 5.74) is 1.99. The molecule has 0 bridgehead atoms. The Morgan fingerprint density at radius 1 is 1.29 bits per heavy atom. The summed E-state index contributed by atoms with van der Waals surface area (Å²) in [6.07, 6.45) is 2.75. The Morgan fingerprint density at radius 3 is 2.76 bits per heavy atom. The van der Waals surface area contributed by atoms with Gasteiger partial charge in [0.1, 0.15) is 0 Å². The van der Waals surface area contributed by atoms with Crippen LogP contribution in [0, 0.1) is 0 Å². The summed E-state index contributed by atoms with van der Waals surface area (Å²) in [7, 11) is 0. The molecule has 1 unspecified atom stereocenters. The fourth-order valence-electron chi connectivity index (χ4n) is 1.93. The molecule has 0 saturated heterocycles. The maximum atomic E-state index is 10.1. The molecule has 0 spiro atoms. The molecular weight excluding hydrogens is 230 g/mol. The highest BCUT2D eigenvalue weighted by atomic mass is 32.1. The highest BCUT2D eigenvalue weighted by Crippen LogP contribution is 2.41. The predicted molar refractivity (Wildman–Crippen MR) is 69.2 cm³/mol. The third kappa shape index (κ3) is 2.56. The van der Waals surface area contributed by atoms with Crippen LogP contribution in [0.25, 0.3) is 0 Å². The maximum absolute atomic E-state index is 10.1. The van der Waals surface area contributed by atoms with Crippen LogP contribution in [0.4, 0.5) is 0 Å². The van der Waals surface area contributed by atoms with Gasteiger partial charge in [0, 0.05) is 17.7 Å². The Hall–Kier alpha value is -1.19. The quantitative estimate of drug-likeness (QED) is 0.896. The minimum absolute atomic E-state index is 0.439. The van der Waals surface area contributed by atoms with Gasteiger partial charge in [-0.1, -0.05) is 30.3 Å². The van der Waals surface area contributed by atoms with Gasteiger partial charge in [-0.3, -0.25) is 0 Å². The molecule has 1 saturated carbocycles. The number of hydrogen-bond donors (Lipinski definition) is 1. The Balaban J connectivity index is 1.69. The fraction of sp³-hybridized carbons (Fsp3) is 0.357. The third-order valence-electron chi connectivity index (χ3n) is 3.08. The first-order valence-electron chi connectivity index (χ1n) is 6.00. The van der Waals surface area contributed by atoms with E-state index in [2.05, 4.69) is 10.4 Å². The van der Waals surface area contributed by atoms with Gasteiger partial charge >= 0.3 is 0 Å². The van der Waals surface area contributed by atoms with Crippen molar-refractivity contribution in [3.63, 3.8) is 0 Å². The van der Waals surface area contributed by atoms with Crippen molar-refractivity contribution in [3.8, 4) is 0 Å². The van der Waals surface area contributed by atoms with E-state index >= 15 is 0 Å². The van der Waals surface area contributed by atoms with E-state index < -0.39 is 6.10 Å². The van der Waals surface area contributed by atoms with Crippen molar-refractivity contribution in [3.05, 3.63) is 52.0 Å². The van der Waals surface area contributed by atoms with Crippen molar-refractivity contribution in [1.29, 1.82) is 0 Å². The van der Waals surface area contributed by atoms with Gasteiger partial charge in [-0.05, 0) is 18.4 Å². The zero-order valence-corrected chi connectivity index (χ0v) is 10.4. The van der Waals surface area contributed by atoms with Crippen LogP contribution in [0.5, 0.6) is 0 Å². The lowest BCUT2D eigenvalue weighted by atomic mass is 10.1. The average molecular weight is 245 g/mol. The van der Waals surface area contributed by atoms with E-state index in [1.54, 1.807) is 11.3 Å². The molecule has 0 aliphatic heterocycles. The molecular formula is C14H15NOS. The zero-order valence-electron chi connectivity index (χ0n) is 9.54. The number of thiazole rings is 1. The summed E-state index contributed by atoms with van der Waals surface area (Å²) in [5, 5.41) is 13.4. The number of rotatable bonds is 4. The topological polar surface area (TPSA) is 33.1 Å². The number of nitrogens with zero attached hydrogens (tertiary/aromatic N) is 1. The highest BCUT2D eigenvalue weighted by Gasteiger charge is 2.26. The number of hydrogen-bond acceptors (Lipinski definition) is 3. The molecule has 2 aromatic rings. The van der Waals surface area contributed by atoms with Crippen molar-refractivity contribution >= 4 is 11.3 Å². The molecule has 88 valence electrons. The first-order valence-corrected chi connectivity index (χ1v) is 6.88. The van der Waals surface area contributed by atoms with E-state index in [1.165, 1.54) is 17.8 Å². The standard InChI is InChI=1S/C14H15NOS/c16-13(10-4-2-1-3-5-10)8-12-9-17-14(15-12)11-6-7-11/h1-5,9,11,13,16H,6-8H2. The van der Waals surface area contributed by atoms with Gasteiger partial charge in [0.25, 0.3) is 0 Å². The Kier molecular flexibility index (Phi) is 2.95. The molecule has 1 fully saturated rings. The van der Waals surface area contributed by atoms with E-state index in [4.69, 9.17) is 0 Å². The minimum Gasteiger partial charge on any atom is -0.388 e. The molecule has 2 nitrogen and oxygen atoms in total. The van der Waals surface area contributed by atoms with Crippen LogP contribution >= 0.6 is 11.3 Å². The number of aliphatic hydroxyl groups is 1. The number of benzene rings is 1. The Labute approximate surface area is 105 Å². The molecule has 1 atom stereocenters. The molecule has 17 heavy (non-hydrogen) atoms. The summed E-state index contributed by atoms with van der Waals surface area (Å²) >= 11 is 1.74.